The summed E-state index contributed by atoms with van der Waals surface area (Å²) in [6.45, 7) is 2.00. The molecule has 0 fully saturated rings. The molecule has 1 heterocycles. The number of ether oxygens (including phenoxy) is 1. The van der Waals surface area contributed by atoms with E-state index in [1.165, 1.54) is 0 Å². The van der Waals surface area contributed by atoms with Crippen LogP contribution in [0.25, 0.3) is 17.1 Å². The van der Waals surface area contributed by atoms with Crippen molar-refractivity contribution < 1.29 is 14.6 Å². The quantitative estimate of drug-likeness (QED) is 0.683. The Morgan fingerprint density at radius 1 is 1.16 bits per heavy atom. The molecule has 128 valence electrons. The van der Waals surface area contributed by atoms with Gasteiger partial charge in [-0.1, -0.05) is 48.2 Å². The third kappa shape index (κ3) is 3.51. The molecule has 0 unspecified atom stereocenters. The highest BCUT2D eigenvalue weighted by Crippen LogP contribution is 2.33. The highest BCUT2D eigenvalue weighted by atomic mass is 32.2. The number of carbonyl (C=O) groups is 1. The van der Waals surface area contributed by atoms with Crippen LogP contribution in [0, 0.1) is 6.92 Å². The molecule has 0 bridgehead atoms. The van der Waals surface area contributed by atoms with Crippen molar-refractivity contribution in [2.45, 2.75) is 12.1 Å². The van der Waals surface area contributed by atoms with E-state index in [0.717, 1.165) is 28.6 Å². The van der Waals surface area contributed by atoms with E-state index in [-0.39, 0.29) is 5.75 Å². The van der Waals surface area contributed by atoms with Crippen LogP contribution in [0.1, 0.15) is 5.56 Å². The first kappa shape index (κ1) is 17.0. The van der Waals surface area contributed by atoms with E-state index in [1.807, 2.05) is 60.0 Å². The molecule has 0 radical (unpaired) electrons. The van der Waals surface area contributed by atoms with Gasteiger partial charge in [-0.25, -0.2) is 0 Å². The highest BCUT2D eigenvalue weighted by molar-refractivity contribution is 7.99. The Hall–Kier alpha value is -2.80. The van der Waals surface area contributed by atoms with Gasteiger partial charge in [0.25, 0.3) is 0 Å². The number of para-hydroxylation sites is 2. The number of rotatable bonds is 6. The Bertz CT molecular complexity index is 908. The molecule has 0 saturated heterocycles. The molecule has 0 saturated carbocycles. The lowest BCUT2D eigenvalue weighted by molar-refractivity contribution is -0.133. The number of nitrogens with zero attached hydrogens (tertiary/aromatic N) is 3. The van der Waals surface area contributed by atoms with Crippen LogP contribution in [0.3, 0.4) is 0 Å². The number of hydrogen-bond acceptors (Lipinski definition) is 5. The Morgan fingerprint density at radius 2 is 1.88 bits per heavy atom. The lowest BCUT2D eigenvalue weighted by Crippen LogP contribution is -2.05. The second-order valence-electron chi connectivity index (χ2n) is 5.31. The van der Waals surface area contributed by atoms with Crippen molar-refractivity contribution >= 4 is 17.7 Å². The first-order valence-corrected chi connectivity index (χ1v) is 8.59. The fourth-order valence-electron chi connectivity index (χ4n) is 2.52. The minimum absolute atomic E-state index is 0.0962. The van der Waals surface area contributed by atoms with Gasteiger partial charge in [0.15, 0.2) is 11.0 Å². The molecule has 0 amide bonds. The topological polar surface area (TPSA) is 77.2 Å². The van der Waals surface area contributed by atoms with Gasteiger partial charge < -0.3 is 9.84 Å². The number of carboxylic acids is 1. The standard InChI is InChI=1S/C18H17N3O3S/c1-12-7-3-4-8-13(12)17-19-20-18(25-11-16(22)23)21(17)14-9-5-6-10-15(14)24-2/h3-10H,11H2,1-2H3,(H,22,23). The van der Waals surface area contributed by atoms with Crippen LogP contribution in [0.4, 0.5) is 0 Å². The van der Waals surface area contributed by atoms with E-state index in [9.17, 15) is 4.79 Å². The van der Waals surface area contributed by atoms with Gasteiger partial charge in [0.1, 0.15) is 5.75 Å². The summed E-state index contributed by atoms with van der Waals surface area (Å²) >= 11 is 1.12. The van der Waals surface area contributed by atoms with Gasteiger partial charge in [-0.2, -0.15) is 0 Å². The summed E-state index contributed by atoms with van der Waals surface area (Å²) in [6, 6.07) is 15.4. The van der Waals surface area contributed by atoms with Crippen molar-refractivity contribution in [3.05, 3.63) is 54.1 Å². The number of hydrogen-bond donors (Lipinski definition) is 1. The molecule has 25 heavy (non-hydrogen) atoms. The molecular weight excluding hydrogens is 338 g/mol. The average Bonchev–Trinajstić information content (AvgIpc) is 3.03. The van der Waals surface area contributed by atoms with Crippen LogP contribution in [-0.4, -0.2) is 38.7 Å². The summed E-state index contributed by atoms with van der Waals surface area (Å²) in [6.07, 6.45) is 0. The number of thioether (sulfide) groups is 1. The van der Waals surface area contributed by atoms with Crippen molar-refractivity contribution in [1.29, 1.82) is 0 Å². The van der Waals surface area contributed by atoms with Gasteiger partial charge >= 0.3 is 5.97 Å². The average molecular weight is 355 g/mol. The SMILES string of the molecule is COc1ccccc1-n1c(SCC(=O)O)nnc1-c1ccccc1C. The first-order valence-electron chi connectivity index (χ1n) is 7.61. The number of aliphatic carboxylic acids is 1. The number of carboxylic acid groups (broad SMARTS) is 1. The minimum atomic E-state index is -0.906. The molecule has 3 aromatic rings. The zero-order valence-corrected chi connectivity index (χ0v) is 14.7. The molecule has 0 atom stereocenters. The van der Waals surface area contributed by atoms with E-state index in [0.29, 0.717) is 16.7 Å². The van der Waals surface area contributed by atoms with Gasteiger partial charge in [0.05, 0.1) is 18.6 Å². The fraction of sp³-hybridized carbons (Fsp3) is 0.167. The summed E-state index contributed by atoms with van der Waals surface area (Å²) in [7, 11) is 1.60. The van der Waals surface area contributed by atoms with Crippen LogP contribution < -0.4 is 4.74 Å². The van der Waals surface area contributed by atoms with Crippen molar-refractivity contribution in [1.82, 2.24) is 14.8 Å². The number of methoxy groups -OCH3 is 1. The summed E-state index contributed by atoms with van der Waals surface area (Å²) in [5.74, 6) is 0.308. The molecule has 0 aliphatic carbocycles. The summed E-state index contributed by atoms with van der Waals surface area (Å²) in [4.78, 5) is 11.0. The van der Waals surface area contributed by atoms with Crippen molar-refractivity contribution in [2.24, 2.45) is 0 Å². The van der Waals surface area contributed by atoms with Crippen LogP contribution in [0.15, 0.2) is 53.7 Å². The van der Waals surface area contributed by atoms with E-state index in [1.54, 1.807) is 7.11 Å². The molecule has 3 rings (SSSR count). The number of benzene rings is 2. The predicted octanol–water partition coefficient (Wildman–Crippen LogP) is 3.43. The maximum Gasteiger partial charge on any atom is 0.313 e. The minimum Gasteiger partial charge on any atom is -0.495 e. The normalized spacial score (nSPS) is 10.6. The van der Waals surface area contributed by atoms with Crippen molar-refractivity contribution in [3.8, 4) is 22.8 Å². The summed E-state index contributed by atoms with van der Waals surface area (Å²) in [5, 5.41) is 18.0. The Balaban J connectivity index is 2.20. The van der Waals surface area contributed by atoms with E-state index < -0.39 is 5.97 Å². The fourth-order valence-corrected chi connectivity index (χ4v) is 3.18. The second-order valence-corrected chi connectivity index (χ2v) is 6.25. The van der Waals surface area contributed by atoms with E-state index >= 15 is 0 Å². The Kier molecular flexibility index (Phi) is 5.04. The third-order valence-corrected chi connectivity index (χ3v) is 4.58. The Labute approximate surface area is 149 Å². The molecule has 0 aliphatic rings. The van der Waals surface area contributed by atoms with Gasteiger partial charge in [-0.05, 0) is 24.6 Å². The largest absolute Gasteiger partial charge is 0.495 e. The van der Waals surface area contributed by atoms with Gasteiger partial charge in [0.2, 0.25) is 0 Å². The zero-order chi connectivity index (χ0) is 17.8. The molecule has 1 aromatic heterocycles. The van der Waals surface area contributed by atoms with Crippen molar-refractivity contribution in [2.75, 3.05) is 12.9 Å². The van der Waals surface area contributed by atoms with Gasteiger partial charge in [-0.15, -0.1) is 10.2 Å². The first-order chi connectivity index (χ1) is 12.1. The monoisotopic (exact) mass is 355 g/mol. The molecule has 0 aliphatic heterocycles. The molecular formula is C18H17N3O3S. The predicted molar refractivity (Wildman–Crippen MR) is 96.4 cm³/mol. The highest BCUT2D eigenvalue weighted by Gasteiger charge is 2.20. The molecule has 0 spiro atoms. The van der Waals surface area contributed by atoms with Gasteiger partial charge in [-0.3, -0.25) is 9.36 Å². The Morgan fingerprint density at radius 3 is 2.60 bits per heavy atom. The zero-order valence-electron chi connectivity index (χ0n) is 13.8. The third-order valence-electron chi connectivity index (χ3n) is 3.67. The van der Waals surface area contributed by atoms with Crippen LogP contribution in [0.2, 0.25) is 0 Å². The van der Waals surface area contributed by atoms with Crippen LogP contribution in [0.5, 0.6) is 5.75 Å². The smallest absolute Gasteiger partial charge is 0.313 e. The second kappa shape index (κ2) is 7.40. The van der Waals surface area contributed by atoms with Crippen molar-refractivity contribution in [3.63, 3.8) is 0 Å². The maximum absolute atomic E-state index is 11.0. The number of aromatic nitrogens is 3. The molecule has 2 aromatic carbocycles. The lowest BCUT2D eigenvalue weighted by atomic mass is 10.1. The maximum atomic E-state index is 11.0. The van der Waals surface area contributed by atoms with Crippen LogP contribution >= 0.6 is 11.8 Å². The lowest BCUT2D eigenvalue weighted by Gasteiger charge is -2.14. The van der Waals surface area contributed by atoms with E-state index in [2.05, 4.69) is 10.2 Å². The van der Waals surface area contributed by atoms with Gasteiger partial charge in [0, 0.05) is 5.56 Å². The summed E-state index contributed by atoms with van der Waals surface area (Å²) < 4.78 is 7.31. The summed E-state index contributed by atoms with van der Waals surface area (Å²) in [5.41, 5.74) is 2.75. The van der Waals surface area contributed by atoms with Crippen LogP contribution in [-0.2, 0) is 4.79 Å². The van der Waals surface area contributed by atoms with E-state index in [4.69, 9.17) is 9.84 Å². The molecule has 6 nitrogen and oxygen atoms in total. The molecule has 7 heteroatoms. The molecule has 1 N–H and O–H groups in total. The number of aryl methyl sites for hydroxylation is 1.